The van der Waals surface area contributed by atoms with Crippen molar-refractivity contribution in [2.75, 3.05) is 17.6 Å². The molecule has 0 atom stereocenters. The number of ketones is 1. The zero-order valence-electron chi connectivity index (χ0n) is 16.1. The van der Waals surface area contributed by atoms with Crippen LogP contribution in [0.25, 0.3) is 22.1 Å². The Kier molecular flexibility index (Phi) is 5.34. The molecule has 2 aromatic heterocycles. The van der Waals surface area contributed by atoms with Gasteiger partial charge in [0.1, 0.15) is 0 Å². The third-order valence-corrected chi connectivity index (χ3v) is 5.75. The van der Waals surface area contributed by atoms with Gasteiger partial charge in [0.2, 0.25) is 5.95 Å². The summed E-state index contributed by atoms with van der Waals surface area (Å²) in [4.78, 5) is 21.7. The van der Waals surface area contributed by atoms with E-state index in [0.717, 1.165) is 46.3 Å². The number of aromatic nitrogens is 4. The second-order valence-corrected chi connectivity index (χ2v) is 7.42. The van der Waals surface area contributed by atoms with Gasteiger partial charge in [0.25, 0.3) is 0 Å². The van der Waals surface area contributed by atoms with E-state index in [1.807, 2.05) is 42.5 Å². The number of nitrogens with one attached hydrogen (secondary N) is 1. The van der Waals surface area contributed by atoms with Crippen LogP contribution in [0, 0.1) is 0 Å². The van der Waals surface area contributed by atoms with Crippen LogP contribution >= 0.6 is 11.8 Å². The first-order chi connectivity index (χ1) is 13.7. The van der Waals surface area contributed by atoms with Crippen molar-refractivity contribution in [1.82, 2.24) is 19.1 Å². The minimum atomic E-state index is 0.120. The zero-order valence-corrected chi connectivity index (χ0v) is 16.9. The van der Waals surface area contributed by atoms with E-state index in [1.165, 1.54) is 11.8 Å². The summed E-state index contributed by atoms with van der Waals surface area (Å²) in [6.45, 7) is 6.05. The van der Waals surface area contributed by atoms with Crippen molar-refractivity contribution in [3.63, 3.8) is 0 Å². The summed E-state index contributed by atoms with van der Waals surface area (Å²) in [6, 6.07) is 16.1. The fourth-order valence-corrected chi connectivity index (χ4v) is 4.31. The molecule has 144 valence electrons. The Bertz CT molecular complexity index is 1040. The van der Waals surface area contributed by atoms with Crippen LogP contribution in [0.5, 0.6) is 0 Å². The second kappa shape index (κ2) is 8.06. The number of thioether (sulfide) groups is 1. The van der Waals surface area contributed by atoms with Gasteiger partial charge >= 0.3 is 0 Å². The SMILES string of the molecule is CCn1c(NCC(=O)CSc2nc3ccccc3n2CC)nc2ccccc21. The average molecular weight is 394 g/mol. The summed E-state index contributed by atoms with van der Waals surface area (Å²) < 4.78 is 4.24. The van der Waals surface area contributed by atoms with Crippen LogP contribution in [0.15, 0.2) is 53.7 Å². The Hall–Kier alpha value is -2.80. The zero-order chi connectivity index (χ0) is 19.5. The number of hydrogen-bond donors (Lipinski definition) is 1. The summed E-state index contributed by atoms with van der Waals surface area (Å²) in [5.41, 5.74) is 4.08. The van der Waals surface area contributed by atoms with Crippen molar-refractivity contribution in [3.8, 4) is 0 Å². The van der Waals surface area contributed by atoms with Crippen molar-refractivity contribution in [1.29, 1.82) is 0 Å². The van der Waals surface area contributed by atoms with Crippen LogP contribution < -0.4 is 5.32 Å². The number of anilines is 1. The normalized spacial score (nSPS) is 11.4. The molecule has 0 spiro atoms. The number of para-hydroxylation sites is 4. The van der Waals surface area contributed by atoms with Gasteiger partial charge in [0.05, 0.1) is 34.4 Å². The fraction of sp³-hybridized carbons (Fsp3) is 0.286. The van der Waals surface area contributed by atoms with E-state index in [9.17, 15) is 4.79 Å². The number of carbonyl (C=O) groups is 1. The summed E-state index contributed by atoms with van der Waals surface area (Å²) in [5, 5.41) is 4.09. The average Bonchev–Trinajstić information content (AvgIpc) is 3.27. The molecular weight excluding hydrogens is 370 g/mol. The van der Waals surface area contributed by atoms with Crippen LogP contribution in [-0.2, 0) is 17.9 Å². The molecule has 1 N–H and O–H groups in total. The van der Waals surface area contributed by atoms with Crippen molar-refractivity contribution < 1.29 is 4.79 Å². The highest BCUT2D eigenvalue weighted by Crippen LogP contribution is 2.24. The largest absolute Gasteiger partial charge is 0.349 e. The van der Waals surface area contributed by atoms with Crippen LogP contribution in [-0.4, -0.2) is 37.2 Å². The number of aryl methyl sites for hydroxylation is 2. The molecule has 0 bridgehead atoms. The molecule has 4 rings (SSSR count). The molecule has 0 amide bonds. The van der Waals surface area contributed by atoms with Gasteiger partial charge in [-0.25, -0.2) is 9.97 Å². The molecule has 0 aliphatic carbocycles. The highest BCUT2D eigenvalue weighted by molar-refractivity contribution is 7.99. The Morgan fingerprint density at radius 2 is 1.54 bits per heavy atom. The van der Waals surface area contributed by atoms with Gasteiger partial charge in [-0.3, -0.25) is 4.79 Å². The van der Waals surface area contributed by atoms with Crippen molar-refractivity contribution in [2.45, 2.75) is 32.1 Å². The van der Waals surface area contributed by atoms with E-state index in [1.54, 1.807) is 0 Å². The van der Waals surface area contributed by atoms with Gasteiger partial charge in [-0.05, 0) is 38.1 Å². The number of benzene rings is 2. The molecule has 2 aromatic carbocycles. The number of hydrogen-bond acceptors (Lipinski definition) is 5. The predicted octanol–water partition coefficient (Wildman–Crippen LogP) is 4.20. The maximum Gasteiger partial charge on any atom is 0.204 e. The summed E-state index contributed by atoms with van der Waals surface area (Å²) in [7, 11) is 0. The number of carbonyl (C=O) groups excluding carboxylic acids is 1. The number of Topliss-reactive ketones (excluding diaryl/α,β-unsaturated/α-hetero) is 1. The summed E-state index contributed by atoms with van der Waals surface area (Å²) in [5.74, 6) is 1.24. The minimum absolute atomic E-state index is 0.120. The second-order valence-electron chi connectivity index (χ2n) is 6.48. The molecular formula is C21H23N5OS. The Labute approximate surface area is 168 Å². The van der Waals surface area contributed by atoms with Gasteiger partial charge < -0.3 is 14.5 Å². The van der Waals surface area contributed by atoms with Crippen molar-refractivity contribution in [3.05, 3.63) is 48.5 Å². The summed E-state index contributed by atoms with van der Waals surface area (Å²) in [6.07, 6.45) is 0. The van der Waals surface area contributed by atoms with Gasteiger partial charge in [0, 0.05) is 13.1 Å². The topological polar surface area (TPSA) is 64.7 Å². The Morgan fingerprint density at radius 1 is 0.929 bits per heavy atom. The highest BCUT2D eigenvalue weighted by Gasteiger charge is 2.13. The molecule has 7 heteroatoms. The molecule has 6 nitrogen and oxygen atoms in total. The molecule has 0 fully saturated rings. The van der Waals surface area contributed by atoms with E-state index in [4.69, 9.17) is 0 Å². The minimum Gasteiger partial charge on any atom is -0.349 e. The van der Waals surface area contributed by atoms with Crippen LogP contribution in [0.3, 0.4) is 0 Å². The van der Waals surface area contributed by atoms with E-state index in [2.05, 4.69) is 44.3 Å². The molecule has 0 aliphatic rings. The van der Waals surface area contributed by atoms with Crippen LogP contribution in [0.4, 0.5) is 5.95 Å². The third-order valence-electron chi connectivity index (χ3n) is 4.71. The lowest BCUT2D eigenvalue weighted by Crippen LogP contribution is -2.18. The number of imidazole rings is 2. The first-order valence-electron chi connectivity index (χ1n) is 9.50. The number of nitrogens with zero attached hydrogens (tertiary/aromatic N) is 4. The lowest BCUT2D eigenvalue weighted by atomic mass is 10.3. The molecule has 2 heterocycles. The highest BCUT2D eigenvalue weighted by atomic mass is 32.2. The monoisotopic (exact) mass is 393 g/mol. The first kappa shape index (κ1) is 18.6. The quantitative estimate of drug-likeness (QED) is 0.455. The standard InChI is InChI=1S/C21H23N5OS/c1-3-25-18-11-7-5-9-16(18)23-20(25)22-13-15(27)14-28-21-24-17-10-6-8-12-19(17)26(21)4-2/h5-12H,3-4,13-14H2,1-2H3,(H,22,23). The van der Waals surface area contributed by atoms with Crippen LogP contribution in [0.2, 0.25) is 0 Å². The lowest BCUT2D eigenvalue weighted by molar-refractivity contribution is -0.115. The maximum atomic E-state index is 12.5. The molecule has 0 saturated heterocycles. The van der Waals surface area contributed by atoms with Gasteiger partial charge in [-0.1, -0.05) is 36.0 Å². The van der Waals surface area contributed by atoms with Crippen LogP contribution in [0.1, 0.15) is 13.8 Å². The molecule has 0 unspecified atom stereocenters. The van der Waals surface area contributed by atoms with Gasteiger partial charge in [-0.15, -0.1) is 0 Å². The first-order valence-corrected chi connectivity index (χ1v) is 10.5. The Morgan fingerprint density at radius 3 is 2.21 bits per heavy atom. The van der Waals surface area contributed by atoms with Crippen molar-refractivity contribution >= 4 is 45.6 Å². The van der Waals surface area contributed by atoms with Gasteiger partial charge in [0.15, 0.2) is 10.9 Å². The van der Waals surface area contributed by atoms with E-state index in [-0.39, 0.29) is 12.3 Å². The predicted molar refractivity (Wildman–Crippen MR) is 115 cm³/mol. The number of rotatable bonds is 8. The lowest BCUT2D eigenvalue weighted by Gasteiger charge is -2.08. The Balaban J connectivity index is 1.42. The summed E-state index contributed by atoms with van der Waals surface area (Å²) >= 11 is 1.49. The van der Waals surface area contributed by atoms with E-state index < -0.39 is 0 Å². The van der Waals surface area contributed by atoms with Gasteiger partial charge in [-0.2, -0.15) is 0 Å². The molecule has 4 aromatic rings. The molecule has 0 saturated carbocycles. The van der Waals surface area contributed by atoms with E-state index >= 15 is 0 Å². The number of fused-ring (bicyclic) bond motifs is 2. The molecule has 28 heavy (non-hydrogen) atoms. The van der Waals surface area contributed by atoms with E-state index in [0.29, 0.717) is 5.75 Å². The van der Waals surface area contributed by atoms with Crippen molar-refractivity contribution in [2.24, 2.45) is 0 Å². The smallest absolute Gasteiger partial charge is 0.204 e. The fourth-order valence-electron chi connectivity index (χ4n) is 3.37. The third kappa shape index (κ3) is 3.49. The molecule has 0 aliphatic heterocycles. The maximum absolute atomic E-state index is 12.5. The molecule has 0 radical (unpaired) electrons.